The van der Waals surface area contributed by atoms with E-state index in [9.17, 15) is 14.0 Å². The predicted molar refractivity (Wildman–Crippen MR) is 71.8 cm³/mol. The van der Waals surface area contributed by atoms with Crippen molar-refractivity contribution in [3.05, 3.63) is 35.1 Å². The Balaban J connectivity index is 2.30. The molecule has 1 saturated heterocycles. The molecule has 0 N–H and O–H groups in total. The molecule has 1 fully saturated rings. The van der Waals surface area contributed by atoms with Crippen LogP contribution in [0.4, 0.5) is 4.39 Å². The first-order valence-electron chi connectivity index (χ1n) is 6.69. The number of hydrogen-bond donors (Lipinski definition) is 0. The molecule has 0 aliphatic carbocycles. The highest BCUT2D eigenvalue weighted by Gasteiger charge is 2.33. The molecule has 1 aliphatic heterocycles. The summed E-state index contributed by atoms with van der Waals surface area (Å²) in [6, 6.07) is 3.55. The summed E-state index contributed by atoms with van der Waals surface area (Å²) in [6.07, 6.45) is 2.31. The zero-order valence-electron chi connectivity index (χ0n) is 11.7. The van der Waals surface area contributed by atoms with Crippen LogP contribution in [0.1, 0.15) is 35.2 Å². The molecule has 0 bridgehead atoms. The summed E-state index contributed by atoms with van der Waals surface area (Å²) in [6.45, 7) is 2.25. The first kappa shape index (κ1) is 14.5. The van der Waals surface area contributed by atoms with Crippen molar-refractivity contribution in [3.8, 4) is 0 Å². The van der Waals surface area contributed by atoms with E-state index < -0.39 is 17.8 Å². The van der Waals surface area contributed by atoms with Crippen molar-refractivity contribution >= 4 is 11.9 Å². The lowest BCUT2D eigenvalue weighted by Crippen LogP contribution is -2.48. The van der Waals surface area contributed by atoms with E-state index >= 15 is 0 Å². The van der Waals surface area contributed by atoms with Crippen LogP contribution in [0.5, 0.6) is 0 Å². The molecule has 1 unspecified atom stereocenters. The van der Waals surface area contributed by atoms with Gasteiger partial charge in [-0.15, -0.1) is 0 Å². The van der Waals surface area contributed by atoms with Crippen LogP contribution in [0, 0.1) is 12.7 Å². The van der Waals surface area contributed by atoms with Crippen molar-refractivity contribution in [2.75, 3.05) is 13.7 Å². The topological polar surface area (TPSA) is 46.6 Å². The van der Waals surface area contributed by atoms with E-state index in [0.29, 0.717) is 24.1 Å². The number of halogens is 1. The molecule has 1 amide bonds. The van der Waals surface area contributed by atoms with E-state index in [4.69, 9.17) is 4.74 Å². The maximum Gasteiger partial charge on any atom is 0.328 e. The summed E-state index contributed by atoms with van der Waals surface area (Å²) in [7, 11) is 1.31. The molecule has 5 heteroatoms. The van der Waals surface area contributed by atoms with Gasteiger partial charge in [0.05, 0.1) is 7.11 Å². The van der Waals surface area contributed by atoms with Gasteiger partial charge < -0.3 is 9.64 Å². The lowest BCUT2D eigenvalue weighted by atomic mass is 9.99. The molecule has 0 radical (unpaired) electrons. The monoisotopic (exact) mass is 279 g/mol. The Morgan fingerprint density at radius 3 is 2.80 bits per heavy atom. The summed E-state index contributed by atoms with van der Waals surface area (Å²) < 4.78 is 18.1. The SMILES string of the molecule is COC(=O)C1CCCCN1C(=O)c1cc(F)ccc1C. The van der Waals surface area contributed by atoms with Gasteiger partial charge in [0.25, 0.3) is 5.91 Å². The average molecular weight is 279 g/mol. The number of amides is 1. The molecule has 0 saturated carbocycles. The zero-order chi connectivity index (χ0) is 14.7. The molecule has 108 valence electrons. The Hall–Kier alpha value is -1.91. The van der Waals surface area contributed by atoms with Crippen LogP contribution in [-0.2, 0) is 9.53 Å². The largest absolute Gasteiger partial charge is 0.467 e. The quantitative estimate of drug-likeness (QED) is 0.780. The van der Waals surface area contributed by atoms with Gasteiger partial charge in [-0.05, 0) is 43.9 Å². The van der Waals surface area contributed by atoms with Gasteiger partial charge in [0.2, 0.25) is 0 Å². The second-order valence-corrected chi connectivity index (χ2v) is 4.99. The number of carbonyl (C=O) groups is 2. The summed E-state index contributed by atoms with van der Waals surface area (Å²) in [5.41, 5.74) is 1.01. The van der Waals surface area contributed by atoms with Gasteiger partial charge in [0.15, 0.2) is 0 Å². The fourth-order valence-electron chi connectivity index (χ4n) is 2.54. The number of ether oxygens (including phenoxy) is 1. The predicted octanol–water partition coefficient (Wildman–Crippen LogP) is 2.30. The Labute approximate surface area is 117 Å². The maximum atomic E-state index is 13.3. The van der Waals surface area contributed by atoms with Crippen molar-refractivity contribution < 1.29 is 18.7 Å². The van der Waals surface area contributed by atoms with Gasteiger partial charge in [-0.25, -0.2) is 9.18 Å². The minimum atomic E-state index is -0.566. The minimum Gasteiger partial charge on any atom is -0.467 e. The van der Waals surface area contributed by atoms with Crippen molar-refractivity contribution in [2.45, 2.75) is 32.2 Å². The van der Waals surface area contributed by atoms with Crippen LogP contribution >= 0.6 is 0 Å². The number of hydrogen-bond acceptors (Lipinski definition) is 3. The molecule has 4 nitrogen and oxygen atoms in total. The number of carbonyl (C=O) groups excluding carboxylic acids is 2. The van der Waals surface area contributed by atoms with Crippen molar-refractivity contribution in [3.63, 3.8) is 0 Å². The fourth-order valence-corrected chi connectivity index (χ4v) is 2.54. The lowest BCUT2D eigenvalue weighted by Gasteiger charge is -2.34. The van der Waals surface area contributed by atoms with Gasteiger partial charge in [-0.1, -0.05) is 6.07 Å². The number of rotatable bonds is 2. The number of methoxy groups -OCH3 is 1. The second kappa shape index (κ2) is 6.03. The van der Waals surface area contributed by atoms with E-state index in [1.54, 1.807) is 13.0 Å². The molecule has 2 rings (SSSR count). The molecule has 1 aromatic carbocycles. The van der Waals surface area contributed by atoms with Gasteiger partial charge in [-0.3, -0.25) is 4.79 Å². The maximum absolute atomic E-state index is 13.3. The number of esters is 1. The fraction of sp³-hybridized carbons (Fsp3) is 0.467. The number of aryl methyl sites for hydroxylation is 1. The zero-order valence-corrected chi connectivity index (χ0v) is 11.7. The third kappa shape index (κ3) is 2.81. The highest BCUT2D eigenvalue weighted by molar-refractivity contribution is 5.98. The number of likely N-dealkylation sites (tertiary alicyclic amines) is 1. The normalized spacial score (nSPS) is 18.8. The van der Waals surface area contributed by atoms with Crippen LogP contribution in [0.15, 0.2) is 18.2 Å². The van der Waals surface area contributed by atoms with Gasteiger partial charge in [0.1, 0.15) is 11.9 Å². The number of piperidine rings is 1. The molecular formula is C15H18FNO3. The van der Waals surface area contributed by atoms with Crippen LogP contribution in [-0.4, -0.2) is 36.5 Å². The minimum absolute atomic E-state index is 0.306. The smallest absolute Gasteiger partial charge is 0.328 e. The van der Waals surface area contributed by atoms with Crippen LogP contribution in [0.25, 0.3) is 0 Å². The van der Waals surface area contributed by atoms with Crippen molar-refractivity contribution in [1.82, 2.24) is 4.90 Å². The second-order valence-electron chi connectivity index (χ2n) is 4.99. The third-order valence-electron chi connectivity index (χ3n) is 3.67. The van der Waals surface area contributed by atoms with Crippen LogP contribution < -0.4 is 0 Å². The van der Waals surface area contributed by atoms with Gasteiger partial charge in [0, 0.05) is 12.1 Å². The Kier molecular flexibility index (Phi) is 4.37. The molecule has 1 atom stereocenters. The highest BCUT2D eigenvalue weighted by atomic mass is 19.1. The molecule has 20 heavy (non-hydrogen) atoms. The molecule has 1 heterocycles. The number of nitrogens with zero attached hydrogens (tertiary/aromatic N) is 1. The van der Waals surface area contributed by atoms with Crippen LogP contribution in [0.2, 0.25) is 0 Å². The summed E-state index contributed by atoms with van der Waals surface area (Å²) in [5.74, 6) is -1.17. The van der Waals surface area contributed by atoms with Crippen molar-refractivity contribution in [1.29, 1.82) is 0 Å². The van der Waals surface area contributed by atoms with Crippen molar-refractivity contribution in [2.24, 2.45) is 0 Å². The lowest BCUT2D eigenvalue weighted by molar-refractivity contribution is -0.147. The average Bonchev–Trinajstić information content (AvgIpc) is 2.48. The molecular weight excluding hydrogens is 261 g/mol. The van der Waals surface area contributed by atoms with E-state index in [-0.39, 0.29) is 5.91 Å². The first-order valence-corrected chi connectivity index (χ1v) is 6.69. The van der Waals surface area contributed by atoms with E-state index in [0.717, 1.165) is 12.8 Å². The number of benzene rings is 1. The Bertz CT molecular complexity index is 530. The van der Waals surface area contributed by atoms with Gasteiger partial charge in [-0.2, -0.15) is 0 Å². The Morgan fingerprint density at radius 1 is 1.35 bits per heavy atom. The summed E-state index contributed by atoms with van der Waals surface area (Å²) in [4.78, 5) is 25.8. The van der Waals surface area contributed by atoms with Crippen LogP contribution in [0.3, 0.4) is 0 Å². The first-order chi connectivity index (χ1) is 9.54. The van der Waals surface area contributed by atoms with Gasteiger partial charge >= 0.3 is 5.97 Å². The highest BCUT2D eigenvalue weighted by Crippen LogP contribution is 2.22. The summed E-state index contributed by atoms with van der Waals surface area (Å²) >= 11 is 0. The molecule has 0 spiro atoms. The standard InChI is InChI=1S/C15H18FNO3/c1-10-6-7-11(16)9-12(10)14(18)17-8-4-3-5-13(17)15(19)20-2/h6-7,9,13H,3-5,8H2,1-2H3. The third-order valence-corrected chi connectivity index (χ3v) is 3.67. The van der Waals surface area contributed by atoms with E-state index in [2.05, 4.69) is 0 Å². The molecule has 1 aliphatic rings. The molecule has 1 aromatic rings. The Morgan fingerprint density at radius 2 is 2.10 bits per heavy atom. The molecule has 0 aromatic heterocycles. The van der Waals surface area contributed by atoms with E-state index in [1.807, 2.05) is 0 Å². The van der Waals surface area contributed by atoms with E-state index in [1.165, 1.54) is 24.1 Å². The summed E-state index contributed by atoms with van der Waals surface area (Å²) in [5, 5.41) is 0.